The number of rotatable bonds is 3. The highest BCUT2D eigenvalue weighted by Gasteiger charge is 2.42. The van der Waals surface area contributed by atoms with Crippen LogP contribution in [0.25, 0.3) is 0 Å². The van der Waals surface area contributed by atoms with Crippen molar-refractivity contribution in [1.82, 2.24) is 4.57 Å². The number of benzene rings is 2. The summed E-state index contributed by atoms with van der Waals surface area (Å²) in [6.07, 6.45) is 2.00. The average molecular weight is 399 g/mol. The summed E-state index contributed by atoms with van der Waals surface area (Å²) in [7, 11) is 0. The van der Waals surface area contributed by atoms with Crippen LogP contribution in [0.5, 0.6) is 0 Å². The van der Waals surface area contributed by atoms with E-state index in [0.717, 1.165) is 28.1 Å². The van der Waals surface area contributed by atoms with Gasteiger partial charge in [0.2, 0.25) is 0 Å². The first kappa shape index (κ1) is 18.1. The van der Waals surface area contributed by atoms with Crippen LogP contribution in [0.3, 0.4) is 0 Å². The van der Waals surface area contributed by atoms with Gasteiger partial charge in [0.15, 0.2) is 0 Å². The highest BCUT2D eigenvalue weighted by atomic mass is 35.5. The molecule has 0 radical (unpaired) electrons. The summed E-state index contributed by atoms with van der Waals surface area (Å²) in [6, 6.07) is 15.3. The number of nitrogens with zero attached hydrogens (tertiary/aromatic N) is 2. The van der Waals surface area contributed by atoms with E-state index in [9.17, 15) is 4.79 Å². The molecule has 1 atom stereocenters. The summed E-state index contributed by atoms with van der Waals surface area (Å²) >= 11 is 12.4. The first-order valence-electron chi connectivity index (χ1n) is 8.94. The predicted octanol–water partition coefficient (Wildman–Crippen LogP) is 6.43. The van der Waals surface area contributed by atoms with Crippen molar-refractivity contribution >= 4 is 34.8 Å². The minimum Gasteiger partial charge on any atom is -0.346 e. The summed E-state index contributed by atoms with van der Waals surface area (Å²) in [5.74, 6) is -0.00489. The first-order chi connectivity index (χ1) is 12.9. The maximum atomic E-state index is 13.4. The van der Waals surface area contributed by atoms with Crippen molar-refractivity contribution in [2.24, 2.45) is 0 Å². The zero-order valence-corrected chi connectivity index (χ0v) is 16.9. The molecule has 0 fully saturated rings. The molecule has 1 aliphatic rings. The summed E-state index contributed by atoms with van der Waals surface area (Å²) in [5.41, 5.74) is 4.61. The molecule has 0 saturated carbocycles. The van der Waals surface area contributed by atoms with Gasteiger partial charge in [-0.25, -0.2) is 0 Å². The fourth-order valence-electron chi connectivity index (χ4n) is 3.79. The van der Waals surface area contributed by atoms with Gasteiger partial charge < -0.3 is 4.57 Å². The fraction of sp³-hybridized carbons (Fsp3) is 0.227. The Balaban J connectivity index is 1.96. The lowest BCUT2D eigenvalue weighted by molar-refractivity contribution is 0.0993. The van der Waals surface area contributed by atoms with Crippen LogP contribution in [-0.4, -0.2) is 10.5 Å². The van der Waals surface area contributed by atoms with Gasteiger partial charge in [0.05, 0.1) is 11.3 Å². The molecule has 0 saturated heterocycles. The van der Waals surface area contributed by atoms with E-state index in [1.807, 2.05) is 66.6 Å². The van der Waals surface area contributed by atoms with Crippen molar-refractivity contribution in [2.75, 3.05) is 4.90 Å². The van der Waals surface area contributed by atoms with E-state index in [1.165, 1.54) is 0 Å². The van der Waals surface area contributed by atoms with Crippen LogP contribution in [-0.2, 0) is 0 Å². The molecule has 5 heteroatoms. The molecule has 2 heterocycles. The Bertz CT molecular complexity index is 1020. The SMILES string of the molecule is Cc1ccc(Cl)cc1N1C(=O)c2ccn(C(C)C)c2C1c1ccc(Cl)cc1. The number of amides is 1. The Kier molecular flexibility index (Phi) is 4.53. The van der Waals surface area contributed by atoms with Crippen molar-refractivity contribution in [1.29, 1.82) is 0 Å². The molecule has 3 nitrogen and oxygen atoms in total. The van der Waals surface area contributed by atoms with Crippen LogP contribution in [0, 0.1) is 6.92 Å². The molecular formula is C22H20Cl2N2O. The van der Waals surface area contributed by atoms with Crippen molar-refractivity contribution in [3.63, 3.8) is 0 Å². The van der Waals surface area contributed by atoms with Crippen molar-refractivity contribution < 1.29 is 4.79 Å². The summed E-state index contributed by atoms with van der Waals surface area (Å²) in [4.78, 5) is 15.2. The summed E-state index contributed by atoms with van der Waals surface area (Å²) < 4.78 is 2.17. The minimum atomic E-state index is -0.223. The molecule has 27 heavy (non-hydrogen) atoms. The number of carbonyl (C=O) groups is 1. The summed E-state index contributed by atoms with van der Waals surface area (Å²) in [6.45, 7) is 6.24. The van der Waals surface area contributed by atoms with Gasteiger partial charge in [0.1, 0.15) is 6.04 Å². The molecule has 138 valence electrons. The topological polar surface area (TPSA) is 25.2 Å². The molecule has 1 amide bonds. The zero-order chi connectivity index (χ0) is 19.3. The van der Waals surface area contributed by atoms with Gasteiger partial charge in [0.25, 0.3) is 5.91 Å². The second-order valence-corrected chi connectivity index (χ2v) is 8.05. The molecule has 2 aromatic carbocycles. The number of halogens is 2. The monoisotopic (exact) mass is 398 g/mol. The molecule has 0 aliphatic carbocycles. The number of aryl methyl sites for hydroxylation is 1. The Morgan fingerprint density at radius 2 is 1.63 bits per heavy atom. The molecule has 3 aromatic rings. The van der Waals surface area contributed by atoms with Gasteiger partial charge in [0, 0.05) is 28.0 Å². The Morgan fingerprint density at radius 1 is 0.963 bits per heavy atom. The van der Waals surface area contributed by atoms with Gasteiger partial charge in [-0.3, -0.25) is 9.69 Å². The normalized spacial score (nSPS) is 16.3. The molecule has 0 spiro atoms. The quantitative estimate of drug-likeness (QED) is 0.498. The largest absolute Gasteiger partial charge is 0.346 e. The van der Waals surface area contributed by atoms with Gasteiger partial charge in [-0.05, 0) is 62.2 Å². The van der Waals surface area contributed by atoms with Crippen LogP contribution in [0.2, 0.25) is 10.0 Å². The summed E-state index contributed by atoms with van der Waals surface area (Å²) in [5, 5.41) is 1.29. The zero-order valence-electron chi connectivity index (χ0n) is 15.4. The van der Waals surface area contributed by atoms with Gasteiger partial charge in [-0.2, -0.15) is 0 Å². The maximum Gasteiger partial charge on any atom is 0.261 e. The van der Waals surface area contributed by atoms with E-state index in [4.69, 9.17) is 23.2 Å². The maximum absolute atomic E-state index is 13.4. The lowest BCUT2D eigenvalue weighted by atomic mass is 10.0. The predicted molar refractivity (Wildman–Crippen MR) is 111 cm³/mol. The third-order valence-corrected chi connectivity index (χ3v) is 5.58. The lowest BCUT2D eigenvalue weighted by Crippen LogP contribution is -2.30. The number of fused-ring (bicyclic) bond motifs is 1. The minimum absolute atomic E-state index is 0.00489. The number of hydrogen-bond acceptors (Lipinski definition) is 1. The highest BCUT2D eigenvalue weighted by molar-refractivity contribution is 6.31. The third-order valence-electron chi connectivity index (χ3n) is 5.10. The smallest absolute Gasteiger partial charge is 0.261 e. The number of hydrogen-bond donors (Lipinski definition) is 0. The molecule has 0 bridgehead atoms. The number of aromatic nitrogens is 1. The first-order valence-corrected chi connectivity index (χ1v) is 9.70. The van der Waals surface area contributed by atoms with Crippen LogP contribution in [0.1, 0.15) is 53.1 Å². The van der Waals surface area contributed by atoms with E-state index < -0.39 is 0 Å². The third kappa shape index (κ3) is 2.95. The molecular weight excluding hydrogens is 379 g/mol. The standard InChI is InChI=1S/C22H20Cl2N2O/c1-13(2)25-11-10-18-21(25)20(15-5-8-16(23)9-6-15)26(22(18)27)19-12-17(24)7-4-14(19)3/h4-13,20H,1-3H3. The fourth-order valence-corrected chi connectivity index (χ4v) is 4.08. The van der Waals surface area contributed by atoms with E-state index in [0.29, 0.717) is 10.0 Å². The molecule has 0 N–H and O–H groups in total. The Hall–Kier alpha value is -2.23. The van der Waals surface area contributed by atoms with Gasteiger partial charge in [-0.1, -0.05) is 41.4 Å². The second kappa shape index (κ2) is 6.74. The second-order valence-electron chi connectivity index (χ2n) is 7.18. The van der Waals surface area contributed by atoms with E-state index in [-0.39, 0.29) is 18.0 Å². The van der Waals surface area contributed by atoms with Crippen molar-refractivity contribution in [3.05, 3.63) is 87.2 Å². The highest BCUT2D eigenvalue weighted by Crippen LogP contribution is 2.44. The number of carbonyl (C=O) groups excluding carboxylic acids is 1. The van der Waals surface area contributed by atoms with Crippen LogP contribution in [0.15, 0.2) is 54.7 Å². The molecule has 1 aromatic heterocycles. The van der Waals surface area contributed by atoms with Crippen LogP contribution in [0.4, 0.5) is 5.69 Å². The number of anilines is 1. The van der Waals surface area contributed by atoms with Gasteiger partial charge >= 0.3 is 0 Å². The van der Waals surface area contributed by atoms with Crippen LogP contribution < -0.4 is 4.90 Å². The Labute approximate surface area is 169 Å². The van der Waals surface area contributed by atoms with Crippen LogP contribution >= 0.6 is 23.2 Å². The van der Waals surface area contributed by atoms with Gasteiger partial charge in [-0.15, -0.1) is 0 Å². The molecule has 4 rings (SSSR count). The van der Waals surface area contributed by atoms with E-state index in [2.05, 4.69) is 18.4 Å². The lowest BCUT2D eigenvalue weighted by Gasteiger charge is -2.29. The molecule has 1 unspecified atom stereocenters. The van der Waals surface area contributed by atoms with E-state index in [1.54, 1.807) is 0 Å². The van der Waals surface area contributed by atoms with Crippen molar-refractivity contribution in [2.45, 2.75) is 32.9 Å². The average Bonchev–Trinajstić information content (AvgIpc) is 3.17. The van der Waals surface area contributed by atoms with E-state index >= 15 is 0 Å². The Morgan fingerprint density at radius 3 is 2.30 bits per heavy atom. The molecule has 1 aliphatic heterocycles. The van der Waals surface area contributed by atoms with Crippen molar-refractivity contribution in [3.8, 4) is 0 Å².